The highest BCUT2D eigenvalue weighted by molar-refractivity contribution is 7.18. The van der Waals surface area contributed by atoms with Crippen molar-refractivity contribution >= 4 is 39.9 Å². The first kappa shape index (κ1) is 22.6. The van der Waals surface area contributed by atoms with Gasteiger partial charge in [-0.3, -0.25) is 9.69 Å². The third-order valence-electron chi connectivity index (χ3n) is 5.11. The number of phenolic OH excluding ortho intramolecular Hbond substituents is 1. The number of aromatic hydroxyl groups is 1. The van der Waals surface area contributed by atoms with Crippen LogP contribution in [0.2, 0.25) is 0 Å². The lowest BCUT2D eigenvalue weighted by atomic mass is 10.1. The lowest BCUT2D eigenvalue weighted by Crippen LogP contribution is -2.48. The summed E-state index contributed by atoms with van der Waals surface area (Å²) >= 11 is 0.997. The van der Waals surface area contributed by atoms with Crippen molar-refractivity contribution in [1.29, 1.82) is 0 Å². The molecule has 0 atom stereocenters. The van der Waals surface area contributed by atoms with Crippen LogP contribution >= 0.6 is 11.3 Å². The van der Waals surface area contributed by atoms with Crippen LogP contribution in [0, 0.1) is 6.92 Å². The number of esters is 2. The number of hydrogen-bond acceptors (Lipinski definition) is 9. The average molecular weight is 448 g/mol. The fourth-order valence-corrected chi connectivity index (χ4v) is 4.56. The Kier molecular flexibility index (Phi) is 7.13. The smallest absolute Gasteiger partial charge is 0.348 e. The standard InChI is InChI=1S/C21H25N3O6S/c1-13-17(20(27)29-2)19(31-18(13)21(28)30-3)22-16(26)12-23-8-10-24(11-9-23)14-4-6-15(25)7-5-14/h4-7,25H,8-12H2,1-3H3,(H,22,26). The van der Waals surface area contributed by atoms with E-state index < -0.39 is 11.9 Å². The number of ether oxygens (including phenoxy) is 2. The summed E-state index contributed by atoms with van der Waals surface area (Å²) < 4.78 is 9.57. The molecule has 1 fully saturated rings. The van der Waals surface area contributed by atoms with Gasteiger partial charge in [-0.25, -0.2) is 9.59 Å². The van der Waals surface area contributed by atoms with Crippen molar-refractivity contribution in [3.8, 4) is 5.75 Å². The maximum Gasteiger partial charge on any atom is 0.348 e. The van der Waals surface area contributed by atoms with E-state index in [1.54, 1.807) is 19.1 Å². The Morgan fingerprint density at radius 3 is 2.23 bits per heavy atom. The van der Waals surface area contributed by atoms with E-state index in [0.717, 1.165) is 30.1 Å². The van der Waals surface area contributed by atoms with Gasteiger partial charge >= 0.3 is 11.9 Å². The summed E-state index contributed by atoms with van der Waals surface area (Å²) in [5.41, 5.74) is 1.61. The van der Waals surface area contributed by atoms with E-state index in [1.807, 2.05) is 17.0 Å². The molecule has 1 saturated heterocycles. The fraction of sp³-hybridized carbons (Fsp3) is 0.381. The molecule has 1 aliphatic rings. The topological polar surface area (TPSA) is 108 Å². The normalized spacial score (nSPS) is 14.2. The SMILES string of the molecule is COC(=O)c1sc(NC(=O)CN2CCN(c3ccc(O)cc3)CC2)c(C(=O)OC)c1C. The van der Waals surface area contributed by atoms with Crippen molar-refractivity contribution in [3.05, 3.63) is 40.3 Å². The molecule has 0 radical (unpaired) electrons. The van der Waals surface area contributed by atoms with Crippen LogP contribution in [-0.4, -0.2) is 74.8 Å². The first-order chi connectivity index (χ1) is 14.8. The minimum atomic E-state index is -0.623. The Morgan fingerprint density at radius 2 is 1.65 bits per heavy atom. The van der Waals surface area contributed by atoms with Gasteiger partial charge in [-0.2, -0.15) is 0 Å². The molecule has 166 valence electrons. The molecular formula is C21H25N3O6S. The van der Waals surface area contributed by atoms with Crippen molar-refractivity contribution in [1.82, 2.24) is 4.90 Å². The van der Waals surface area contributed by atoms with E-state index in [1.165, 1.54) is 14.2 Å². The summed E-state index contributed by atoms with van der Waals surface area (Å²) in [6.07, 6.45) is 0. The Labute approximate surface area is 184 Å². The molecule has 0 saturated carbocycles. The molecule has 2 N–H and O–H groups in total. The van der Waals surface area contributed by atoms with Crippen molar-refractivity contribution in [2.45, 2.75) is 6.92 Å². The summed E-state index contributed by atoms with van der Waals surface area (Å²) in [4.78, 5) is 41.3. The van der Waals surface area contributed by atoms with E-state index >= 15 is 0 Å². The Morgan fingerprint density at radius 1 is 1.03 bits per heavy atom. The van der Waals surface area contributed by atoms with Gasteiger partial charge in [-0.1, -0.05) is 0 Å². The van der Waals surface area contributed by atoms with Crippen LogP contribution in [0.1, 0.15) is 25.6 Å². The molecule has 0 spiro atoms. The van der Waals surface area contributed by atoms with Gasteiger partial charge in [0.15, 0.2) is 0 Å². The molecule has 9 nitrogen and oxygen atoms in total. The first-order valence-corrected chi connectivity index (χ1v) is 10.5. The van der Waals surface area contributed by atoms with Gasteiger partial charge in [0.2, 0.25) is 5.91 Å². The number of rotatable bonds is 6. The number of carbonyl (C=O) groups excluding carboxylic acids is 3. The van der Waals surface area contributed by atoms with Crippen molar-refractivity contribution in [2.75, 3.05) is 57.2 Å². The van der Waals surface area contributed by atoms with Crippen LogP contribution < -0.4 is 10.2 Å². The lowest BCUT2D eigenvalue weighted by Gasteiger charge is -2.35. The number of hydrogen-bond donors (Lipinski definition) is 2. The zero-order valence-electron chi connectivity index (χ0n) is 17.6. The molecule has 0 bridgehead atoms. The highest BCUT2D eigenvalue weighted by Crippen LogP contribution is 2.34. The average Bonchev–Trinajstić information content (AvgIpc) is 3.09. The first-order valence-electron chi connectivity index (χ1n) is 9.70. The van der Waals surface area contributed by atoms with E-state index in [4.69, 9.17) is 9.47 Å². The number of thiophene rings is 1. The second-order valence-corrected chi connectivity index (χ2v) is 8.09. The highest BCUT2D eigenvalue weighted by Gasteiger charge is 2.27. The van der Waals surface area contributed by atoms with E-state index in [9.17, 15) is 19.5 Å². The number of anilines is 2. The Balaban J connectivity index is 1.63. The molecule has 2 heterocycles. The molecule has 1 aliphatic heterocycles. The predicted molar refractivity (Wildman–Crippen MR) is 117 cm³/mol. The lowest BCUT2D eigenvalue weighted by molar-refractivity contribution is -0.117. The molecule has 1 aromatic carbocycles. The fourth-order valence-electron chi connectivity index (χ4n) is 3.43. The van der Waals surface area contributed by atoms with Crippen molar-refractivity contribution in [3.63, 3.8) is 0 Å². The number of methoxy groups -OCH3 is 2. The summed E-state index contributed by atoms with van der Waals surface area (Å²) in [5.74, 6) is -1.24. The second-order valence-electron chi connectivity index (χ2n) is 7.07. The summed E-state index contributed by atoms with van der Waals surface area (Å²) in [6.45, 7) is 4.65. The monoisotopic (exact) mass is 447 g/mol. The molecule has 0 unspecified atom stereocenters. The maximum absolute atomic E-state index is 12.6. The zero-order chi connectivity index (χ0) is 22.5. The van der Waals surface area contributed by atoms with E-state index in [-0.39, 0.29) is 33.6 Å². The molecule has 1 amide bonds. The van der Waals surface area contributed by atoms with Gasteiger partial charge < -0.3 is 24.8 Å². The molecule has 3 rings (SSSR count). The Hall–Kier alpha value is -3.11. The van der Waals surface area contributed by atoms with Crippen molar-refractivity contribution in [2.24, 2.45) is 0 Å². The highest BCUT2D eigenvalue weighted by atomic mass is 32.1. The van der Waals surface area contributed by atoms with Gasteiger partial charge in [0, 0.05) is 31.9 Å². The third kappa shape index (κ3) is 5.15. The van der Waals surface area contributed by atoms with Gasteiger partial charge in [0.05, 0.1) is 26.3 Å². The van der Waals surface area contributed by atoms with Crippen LogP contribution in [0.5, 0.6) is 5.75 Å². The van der Waals surface area contributed by atoms with Gasteiger partial charge in [-0.15, -0.1) is 11.3 Å². The molecular weight excluding hydrogens is 422 g/mol. The summed E-state index contributed by atoms with van der Waals surface area (Å²) in [7, 11) is 2.51. The molecule has 10 heteroatoms. The largest absolute Gasteiger partial charge is 0.508 e. The van der Waals surface area contributed by atoms with Crippen LogP contribution in [0.3, 0.4) is 0 Å². The van der Waals surface area contributed by atoms with E-state index in [2.05, 4.69) is 10.2 Å². The minimum absolute atomic E-state index is 0.161. The van der Waals surface area contributed by atoms with Crippen LogP contribution in [0.15, 0.2) is 24.3 Å². The second kappa shape index (κ2) is 9.80. The minimum Gasteiger partial charge on any atom is -0.508 e. The molecule has 31 heavy (non-hydrogen) atoms. The number of phenols is 1. The molecule has 1 aromatic heterocycles. The quantitative estimate of drug-likeness (QED) is 0.648. The number of carbonyl (C=O) groups is 3. The number of piperazine rings is 1. The zero-order valence-corrected chi connectivity index (χ0v) is 18.5. The van der Waals surface area contributed by atoms with Gasteiger partial charge in [0.1, 0.15) is 15.6 Å². The predicted octanol–water partition coefficient (Wildman–Crippen LogP) is 2.10. The van der Waals surface area contributed by atoms with Crippen LogP contribution in [0.25, 0.3) is 0 Å². The third-order valence-corrected chi connectivity index (χ3v) is 6.30. The number of benzene rings is 1. The molecule has 0 aliphatic carbocycles. The summed E-state index contributed by atoms with van der Waals surface area (Å²) in [6, 6.07) is 7.04. The summed E-state index contributed by atoms with van der Waals surface area (Å²) in [5, 5.41) is 12.5. The number of nitrogens with zero attached hydrogens (tertiary/aromatic N) is 2. The molecule has 2 aromatic rings. The van der Waals surface area contributed by atoms with Crippen LogP contribution in [-0.2, 0) is 14.3 Å². The van der Waals surface area contributed by atoms with Crippen molar-refractivity contribution < 1.29 is 29.0 Å². The number of nitrogens with one attached hydrogen (secondary N) is 1. The van der Waals surface area contributed by atoms with Crippen LogP contribution in [0.4, 0.5) is 10.7 Å². The van der Waals surface area contributed by atoms with E-state index in [0.29, 0.717) is 18.7 Å². The number of amides is 1. The van der Waals surface area contributed by atoms with Gasteiger partial charge in [0.25, 0.3) is 0 Å². The Bertz CT molecular complexity index is 964. The van der Waals surface area contributed by atoms with Gasteiger partial charge in [-0.05, 0) is 36.8 Å². The maximum atomic E-state index is 12.6.